The van der Waals surface area contributed by atoms with E-state index in [4.69, 9.17) is 11.6 Å². The van der Waals surface area contributed by atoms with Crippen LogP contribution in [0.1, 0.15) is 0 Å². The zero-order valence-corrected chi connectivity index (χ0v) is 10.8. The van der Waals surface area contributed by atoms with Gasteiger partial charge in [0.1, 0.15) is 5.82 Å². The first-order valence-corrected chi connectivity index (χ1v) is 6.84. The summed E-state index contributed by atoms with van der Waals surface area (Å²) in [5.74, 6) is -1.67. The summed E-state index contributed by atoms with van der Waals surface area (Å²) >= 11 is 5.52. The Morgan fingerprint density at radius 3 is 2.53 bits per heavy atom. The van der Waals surface area contributed by atoms with E-state index in [2.05, 4.69) is 9.71 Å². The van der Waals surface area contributed by atoms with E-state index in [1.165, 1.54) is 12.1 Å². The minimum atomic E-state index is -4.19. The molecule has 0 aliphatic heterocycles. The van der Waals surface area contributed by atoms with Crippen molar-refractivity contribution in [2.24, 2.45) is 0 Å². The summed E-state index contributed by atoms with van der Waals surface area (Å²) in [7, 11) is -4.19. The monoisotopic (exact) mass is 304 g/mol. The summed E-state index contributed by atoms with van der Waals surface area (Å²) in [6.07, 6.45) is 1.15. The number of benzene rings is 1. The lowest BCUT2D eigenvalue weighted by Crippen LogP contribution is -2.16. The van der Waals surface area contributed by atoms with Crippen molar-refractivity contribution in [1.82, 2.24) is 4.98 Å². The fourth-order valence-electron chi connectivity index (χ4n) is 1.33. The van der Waals surface area contributed by atoms with Crippen molar-refractivity contribution in [3.63, 3.8) is 0 Å². The summed E-state index contributed by atoms with van der Waals surface area (Å²) < 4.78 is 52.1. The van der Waals surface area contributed by atoms with Crippen molar-refractivity contribution in [2.75, 3.05) is 4.72 Å². The van der Waals surface area contributed by atoms with Crippen molar-refractivity contribution in [3.05, 3.63) is 53.2 Å². The fraction of sp³-hybridized carbons (Fsp3) is 0. The van der Waals surface area contributed by atoms with Crippen LogP contribution < -0.4 is 4.72 Å². The average Bonchev–Trinajstić information content (AvgIpc) is 2.34. The van der Waals surface area contributed by atoms with E-state index in [0.717, 1.165) is 24.4 Å². The predicted molar refractivity (Wildman–Crippen MR) is 66.4 cm³/mol. The lowest BCUT2D eigenvalue weighted by atomic mass is 10.3. The van der Waals surface area contributed by atoms with Gasteiger partial charge in [-0.3, -0.25) is 4.72 Å². The van der Waals surface area contributed by atoms with Crippen LogP contribution in [0.15, 0.2) is 41.6 Å². The van der Waals surface area contributed by atoms with Crippen LogP contribution in [0, 0.1) is 11.6 Å². The number of nitrogens with zero attached hydrogens (tertiary/aromatic N) is 1. The van der Waals surface area contributed by atoms with Gasteiger partial charge in [0.25, 0.3) is 10.0 Å². The smallest absolute Gasteiger partial charge is 0.278 e. The molecule has 0 spiro atoms. The molecule has 2 aromatic rings. The normalized spacial score (nSPS) is 11.3. The van der Waals surface area contributed by atoms with Crippen LogP contribution in [0.3, 0.4) is 0 Å². The van der Waals surface area contributed by atoms with Gasteiger partial charge in [-0.05, 0) is 30.3 Å². The standard InChI is InChI=1S/C11H7ClF2N2O2S/c12-8-6-7(3-4-9(8)13)16-19(17,18)11-10(14)2-1-5-15-11/h1-6,16H. The maximum absolute atomic E-state index is 13.4. The second-order valence-electron chi connectivity index (χ2n) is 3.52. The van der Waals surface area contributed by atoms with Crippen molar-refractivity contribution < 1.29 is 17.2 Å². The first-order valence-electron chi connectivity index (χ1n) is 4.98. The zero-order chi connectivity index (χ0) is 14.0. The second-order valence-corrected chi connectivity index (χ2v) is 5.53. The topological polar surface area (TPSA) is 59.1 Å². The Hall–Kier alpha value is -1.73. The van der Waals surface area contributed by atoms with Crippen LogP contribution in [-0.2, 0) is 10.0 Å². The van der Waals surface area contributed by atoms with Crippen molar-refractivity contribution in [3.8, 4) is 0 Å². The van der Waals surface area contributed by atoms with Crippen molar-refractivity contribution in [2.45, 2.75) is 5.03 Å². The van der Waals surface area contributed by atoms with Crippen LogP contribution in [0.2, 0.25) is 5.02 Å². The Labute approximate surface area is 113 Å². The summed E-state index contributed by atoms with van der Waals surface area (Å²) in [6.45, 7) is 0. The van der Waals surface area contributed by atoms with E-state index in [0.29, 0.717) is 0 Å². The van der Waals surface area contributed by atoms with Crippen molar-refractivity contribution >= 4 is 27.3 Å². The number of halogens is 3. The number of hydrogen-bond acceptors (Lipinski definition) is 3. The number of aromatic nitrogens is 1. The van der Waals surface area contributed by atoms with E-state index in [1.54, 1.807) is 0 Å². The molecule has 0 saturated carbocycles. The molecule has 8 heteroatoms. The number of anilines is 1. The molecule has 0 amide bonds. The van der Waals surface area contributed by atoms with E-state index in [9.17, 15) is 17.2 Å². The van der Waals surface area contributed by atoms with Gasteiger partial charge in [0.05, 0.1) is 10.7 Å². The van der Waals surface area contributed by atoms with Gasteiger partial charge in [0.15, 0.2) is 5.82 Å². The van der Waals surface area contributed by atoms with Gasteiger partial charge in [0, 0.05) is 6.20 Å². The number of rotatable bonds is 3. The summed E-state index contributed by atoms with van der Waals surface area (Å²) in [5.41, 5.74) is 0.0106. The van der Waals surface area contributed by atoms with Gasteiger partial charge >= 0.3 is 0 Å². The molecule has 1 aromatic carbocycles. The summed E-state index contributed by atoms with van der Waals surface area (Å²) in [6, 6.07) is 5.48. The van der Waals surface area contributed by atoms with Gasteiger partial charge in [-0.1, -0.05) is 11.6 Å². The van der Waals surface area contributed by atoms with Gasteiger partial charge in [-0.15, -0.1) is 0 Å². The Kier molecular flexibility index (Phi) is 3.68. The van der Waals surface area contributed by atoms with Crippen LogP contribution in [0.5, 0.6) is 0 Å². The lowest BCUT2D eigenvalue weighted by molar-refractivity contribution is 0.556. The SMILES string of the molecule is O=S(=O)(Nc1ccc(F)c(Cl)c1)c1ncccc1F. The van der Waals surface area contributed by atoms with Crippen LogP contribution in [0.4, 0.5) is 14.5 Å². The van der Waals surface area contributed by atoms with E-state index < -0.39 is 26.7 Å². The molecule has 0 atom stereocenters. The summed E-state index contributed by atoms with van der Waals surface area (Å²) in [5, 5.41) is -0.989. The quantitative estimate of drug-likeness (QED) is 0.948. The molecule has 100 valence electrons. The zero-order valence-electron chi connectivity index (χ0n) is 9.27. The third kappa shape index (κ3) is 2.99. The maximum atomic E-state index is 13.4. The van der Waals surface area contributed by atoms with Crippen LogP contribution >= 0.6 is 11.6 Å². The number of nitrogens with one attached hydrogen (secondary N) is 1. The molecular formula is C11H7ClF2N2O2S. The third-order valence-corrected chi connectivity index (χ3v) is 3.75. The summed E-state index contributed by atoms with van der Waals surface area (Å²) in [4.78, 5) is 3.45. The molecule has 4 nitrogen and oxygen atoms in total. The van der Waals surface area contributed by atoms with Gasteiger partial charge < -0.3 is 0 Å². The van der Waals surface area contributed by atoms with E-state index >= 15 is 0 Å². The molecule has 1 aromatic heterocycles. The highest BCUT2D eigenvalue weighted by atomic mass is 35.5. The largest absolute Gasteiger partial charge is 0.282 e. The first-order chi connectivity index (χ1) is 8.90. The van der Waals surface area contributed by atoms with Crippen LogP contribution in [-0.4, -0.2) is 13.4 Å². The molecule has 1 heterocycles. The second kappa shape index (κ2) is 5.10. The molecular weight excluding hydrogens is 298 g/mol. The molecule has 0 unspecified atom stereocenters. The highest BCUT2D eigenvalue weighted by molar-refractivity contribution is 7.92. The molecule has 19 heavy (non-hydrogen) atoms. The highest BCUT2D eigenvalue weighted by Crippen LogP contribution is 2.22. The molecule has 0 bridgehead atoms. The van der Waals surface area contributed by atoms with Gasteiger partial charge in [-0.2, -0.15) is 8.42 Å². The third-order valence-electron chi connectivity index (χ3n) is 2.15. The van der Waals surface area contributed by atoms with Crippen molar-refractivity contribution in [1.29, 1.82) is 0 Å². The number of sulfonamides is 1. The maximum Gasteiger partial charge on any atom is 0.282 e. The predicted octanol–water partition coefficient (Wildman–Crippen LogP) is 2.81. The lowest BCUT2D eigenvalue weighted by Gasteiger charge is -2.08. The molecule has 2 rings (SSSR count). The molecule has 0 saturated heterocycles. The minimum Gasteiger partial charge on any atom is -0.278 e. The molecule has 0 fully saturated rings. The van der Waals surface area contributed by atoms with Gasteiger partial charge in [0.2, 0.25) is 5.03 Å². The Balaban J connectivity index is 2.37. The number of pyridine rings is 1. The molecule has 1 N–H and O–H groups in total. The number of hydrogen-bond donors (Lipinski definition) is 1. The highest BCUT2D eigenvalue weighted by Gasteiger charge is 2.20. The first kappa shape index (κ1) is 13.7. The average molecular weight is 305 g/mol. The minimum absolute atomic E-state index is 0.0106. The molecule has 0 aliphatic rings. The molecule has 0 aliphatic carbocycles. The Morgan fingerprint density at radius 2 is 1.89 bits per heavy atom. The Bertz CT molecular complexity index is 722. The van der Waals surface area contributed by atoms with E-state index in [1.807, 2.05) is 0 Å². The Morgan fingerprint density at radius 1 is 1.16 bits per heavy atom. The fourth-order valence-corrected chi connectivity index (χ4v) is 2.57. The van der Waals surface area contributed by atoms with E-state index in [-0.39, 0.29) is 10.7 Å². The van der Waals surface area contributed by atoms with Gasteiger partial charge in [-0.25, -0.2) is 13.8 Å². The van der Waals surface area contributed by atoms with Crippen LogP contribution in [0.25, 0.3) is 0 Å². The molecule has 0 radical (unpaired) electrons.